The Morgan fingerprint density at radius 2 is 1.37 bits per heavy atom. The van der Waals surface area contributed by atoms with Gasteiger partial charge in [0, 0.05) is 31.7 Å². The lowest BCUT2D eigenvalue weighted by molar-refractivity contribution is -0.119. The van der Waals surface area contributed by atoms with Gasteiger partial charge in [0.2, 0.25) is 5.91 Å². The number of anilines is 2. The SMILES string of the molecule is O=C([C@H]1[C@H](c2cc(Cl)cc(Cl)c2)C1(Cl)Cl)N(c1ccc(Cl)cc1)c1cccc(Cl)c1. The lowest BCUT2D eigenvalue weighted by Crippen LogP contribution is -2.29. The van der Waals surface area contributed by atoms with Crippen LogP contribution < -0.4 is 4.90 Å². The zero-order valence-corrected chi connectivity index (χ0v) is 19.7. The Kier molecular flexibility index (Phi) is 6.20. The van der Waals surface area contributed by atoms with Crippen LogP contribution in [0.25, 0.3) is 0 Å². The van der Waals surface area contributed by atoms with E-state index in [1.165, 1.54) is 0 Å². The molecule has 3 aromatic rings. The summed E-state index contributed by atoms with van der Waals surface area (Å²) in [6, 6.07) is 18.9. The molecule has 1 amide bonds. The lowest BCUT2D eigenvalue weighted by Gasteiger charge is -2.24. The van der Waals surface area contributed by atoms with Crippen LogP contribution in [-0.4, -0.2) is 10.2 Å². The third-order valence-corrected chi connectivity index (χ3v) is 6.80. The quantitative estimate of drug-likeness (QED) is 0.316. The van der Waals surface area contributed by atoms with Crippen LogP contribution in [0.1, 0.15) is 11.5 Å². The zero-order chi connectivity index (χ0) is 21.6. The zero-order valence-electron chi connectivity index (χ0n) is 15.1. The molecular formula is C22H13Cl6NO. The van der Waals surface area contributed by atoms with E-state index in [1.807, 2.05) is 0 Å². The van der Waals surface area contributed by atoms with Crippen molar-refractivity contribution >= 4 is 86.9 Å². The van der Waals surface area contributed by atoms with Crippen molar-refractivity contribution in [3.63, 3.8) is 0 Å². The maximum Gasteiger partial charge on any atom is 0.238 e. The summed E-state index contributed by atoms with van der Waals surface area (Å²) in [5, 5.41) is 1.95. The van der Waals surface area contributed by atoms with Gasteiger partial charge in [-0.1, -0.05) is 52.5 Å². The summed E-state index contributed by atoms with van der Waals surface area (Å²) in [6.45, 7) is 0. The van der Waals surface area contributed by atoms with Crippen molar-refractivity contribution in [2.24, 2.45) is 5.92 Å². The number of rotatable bonds is 4. The van der Waals surface area contributed by atoms with Gasteiger partial charge < -0.3 is 0 Å². The largest absolute Gasteiger partial charge is 0.281 e. The van der Waals surface area contributed by atoms with E-state index in [1.54, 1.807) is 71.6 Å². The summed E-state index contributed by atoms with van der Waals surface area (Å²) in [5.41, 5.74) is 1.91. The predicted molar refractivity (Wildman–Crippen MR) is 127 cm³/mol. The molecule has 0 bridgehead atoms. The molecule has 2 atom stereocenters. The molecule has 0 heterocycles. The molecule has 0 aromatic heterocycles. The predicted octanol–water partition coefficient (Wildman–Crippen LogP) is 8.55. The molecule has 1 aliphatic rings. The Bertz CT molecular complexity index is 1090. The normalized spacial score (nSPS) is 19.4. The smallest absolute Gasteiger partial charge is 0.238 e. The van der Waals surface area contributed by atoms with Gasteiger partial charge in [-0.2, -0.15) is 0 Å². The molecule has 0 aliphatic heterocycles. The van der Waals surface area contributed by atoms with Crippen LogP contribution in [0.2, 0.25) is 20.1 Å². The monoisotopic (exact) mass is 517 g/mol. The van der Waals surface area contributed by atoms with Crippen LogP contribution in [0.15, 0.2) is 66.7 Å². The number of nitrogens with zero attached hydrogens (tertiary/aromatic N) is 1. The Hall–Kier alpha value is -1.13. The van der Waals surface area contributed by atoms with Gasteiger partial charge in [0.25, 0.3) is 0 Å². The van der Waals surface area contributed by atoms with Crippen LogP contribution in [0.3, 0.4) is 0 Å². The number of alkyl halides is 2. The lowest BCUT2D eigenvalue weighted by atomic mass is 10.1. The van der Waals surface area contributed by atoms with Gasteiger partial charge in [0.15, 0.2) is 0 Å². The van der Waals surface area contributed by atoms with E-state index in [4.69, 9.17) is 69.6 Å². The third-order valence-electron chi connectivity index (χ3n) is 4.94. The van der Waals surface area contributed by atoms with Crippen molar-refractivity contribution in [2.45, 2.75) is 10.3 Å². The fourth-order valence-electron chi connectivity index (χ4n) is 3.55. The third kappa shape index (κ3) is 4.27. The van der Waals surface area contributed by atoms with E-state index in [2.05, 4.69) is 0 Å². The molecular weight excluding hydrogens is 507 g/mol. The van der Waals surface area contributed by atoms with Crippen molar-refractivity contribution in [1.82, 2.24) is 0 Å². The molecule has 3 aromatic carbocycles. The number of carbonyl (C=O) groups is 1. The molecule has 1 fully saturated rings. The molecule has 0 saturated heterocycles. The van der Waals surface area contributed by atoms with Crippen molar-refractivity contribution in [3.8, 4) is 0 Å². The summed E-state index contributed by atoms with van der Waals surface area (Å²) in [6.07, 6.45) is 0. The number of amides is 1. The van der Waals surface area contributed by atoms with E-state index >= 15 is 0 Å². The first-order chi connectivity index (χ1) is 14.2. The van der Waals surface area contributed by atoms with Crippen LogP contribution >= 0.6 is 69.6 Å². The number of carbonyl (C=O) groups excluding carboxylic acids is 1. The average Bonchev–Trinajstić information content (AvgIpc) is 3.25. The molecule has 2 nitrogen and oxygen atoms in total. The number of halogens is 6. The molecule has 0 spiro atoms. The first-order valence-electron chi connectivity index (χ1n) is 8.87. The number of benzene rings is 3. The van der Waals surface area contributed by atoms with Gasteiger partial charge in [-0.15, -0.1) is 23.2 Å². The van der Waals surface area contributed by atoms with E-state index in [0.29, 0.717) is 37.0 Å². The Morgan fingerprint density at radius 3 is 1.97 bits per heavy atom. The van der Waals surface area contributed by atoms with Crippen LogP contribution in [0.5, 0.6) is 0 Å². The number of hydrogen-bond acceptors (Lipinski definition) is 1. The van der Waals surface area contributed by atoms with Crippen molar-refractivity contribution in [3.05, 3.63) is 92.4 Å². The van der Waals surface area contributed by atoms with Crippen LogP contribution in [0.4, 0.5) is 11.4 Å². The Balaban J connectivity index is 1.75. The Labute approximate surface area is 204 Å². The highest BCUT2D eigenvalue weighted by Crippen LogP contribution is 2.66. The summed E-state index contributed by atoms with van der Waals surface area (Å²) >= 11 is 37.6. The van der Waals surface area contributed by atoms with E-state index in [9.17, 15) is 4.79 Å². The fraction of sp³-hybridized carbons (Fsp3) is 0.136. The molecule has 0 unspecified atom stereocenters. The van der Waals surface area contributed by atoms with Gasteiger partial charge in [0.05, 0.1) is 11.6 Å². The van der Waals surface area contributed by atoms with Crippen molar-refractivity contribution in [1.29, 1.82) is 0 Å². The summed E-state index contributed by atoms with van der Waals surface area (Å²) in [4.78, 5) is 15.2. The standard InChI is InChI=1S/C22H13Cl6NO/c23-13-4-6-17(7-5-13)29(18-3-1-2-14(24)11-18)21(30)20-19(22(20,27)28)12-8-15(25)10-16(26)9-12/h1-11,19-20H/t19-,20+/m0/s1. The summed E-state index contributed by atoms with van der Waals surface area (Å²) in [7, 11) is 0. The van der Waals surface area contributed by atoms with Gasteiger partial charge in [0.1, 0.15) is 4.33 Å². The van der Waals surface area contributed by atoms with Crippen molar-refractivity contribution in [2.75, 3.05) is 4.90 Å². The second-order valence-corrected chi connectivity index (χ2v) is 10.2. The maximum absolute atomic E-state index is 13.7. The number of hydrogen-bond donors (Lipinski definition) is 0. The first-order valence-corrected chi connectivity index (χ1v) is 11.1. The topological polar surface area (TPSA) is 20.3 Å². The second-order valence-electron chi connectivity index (χ2n) is 6.96. The Morgan fingerprint density at radius 1 is 0.733 bits per heavy atom. The molecule has 8 heteroatoms. The van der Waals surface area contributed by atoms with E-state index in [0.717, 1.165) is 0 Å². The molecule has 1 saturated carbocycles. The molecule has 0 N–H and O–H groups in total. The van der Waals surface area contributed by atoms with E-state index in [-0.39, 0.29) is 5.91 Å². The molecule has 30 heavy (non-hydrogen) atoms. The van der Waals surface area contributed by atoms with E-state index < -0.39 is 16.2 Å². The minimum absolute atomic E-state index is 0.273. The van der Waals surface area contributed by atoms with Crippen LogP contribution in [-0.2, 0) is 4.79 Å². The van der Waals surface area contributed by atoms with Gasteiger partial charge in [-0.3, -0.25) is 9.69 Å². The molecule has 0 radical (unpaired) electrons. The molecule has 1 aliphatic carbocycles. The minimum Gasteiger partial charge on any atom is -0.281 e. The molecule has 154 valence electrons. The van der Waals surface area contributed by atoms with Gasteiger partial charge in [-0.25, -0.2) is 0 Å². The first kappa shape index (κ1) is 22.1. The average molecular weight is 520 g/mol. The minimum atomic E-state index is -1.30. The highest BCUT2D eigenvalue weighted by atomic mass is 35.5. The highest BCUT2D eigenvalue weighted by Gasteiger charge is 2.68. The summed E-state index contributed by atoms with van der Waals surface area (Å²) < 4.78 is -1.30. The van der Waals surface area contributed by atoms with Gasteiger partial charge in [-0.05, 0) is 66.2 Å². The second kappa shape index (κ2) is 8.43. The van der Waals surface area contributed by atoms with Gasteiger partial charge >= 0.3 is 0 Å². The maximum atomic E-state index is 13.7. The van der Waals surface area contributed by atoms with Crippen LogP contribution in [0, 0.1) is 5.92 Å². The molecule has 4 rings (SSSR count). The fourth-order valence-corrected chi connectivity index (χ4v) is 5.22. The highest BCUT2D eigenvalue weighted by molar-refractivity contribution is 6.54. The van der Waals surface area contributed by atoms with Crippen molar-refractivity contribution < 1.29 is 4.79 Å². The summed E-state index contributed by atoms with van der Waals surface area (Å²) in [5.74, 6) is -1.44.